The van der Waals surface area contributed by atoms with Crippen molar-refractivity contribution >= 4 is 28.3 Å². The van der Waals surface area contributed by atoms with Gasteiger partial charge in [-0.05, 0) is 24.0 Å². The minimum Gasteiger partial charge on any atom is -0.463 e. The Morgan fingerprint density at radius 2 is 2.19 bits per heavy atom. The number of nitrogens with zero attached hydrogens (tertiary/aromatic N) is 2. The molecule has 2 aliphatic rings. The van der Waals surface area contributed by atoms with Gasteiger partial charge in [-0.1, -0.05) is 40.2 Å². The van der Waals surface area contributed by atoms with Crippen LogP contribution >= 0.6 is 15.9 Å². The van der Waals surface area contributed by atoms with Crippen LogP contribution in [0.15, 0.2) is 44.9 Å². The summed E-state index contributed by atoms with van der Waals surface area (Å²) in [6, 6.07) is 9.12. The Kier molecular flexibility index (Phi) is 4.24. The first-order chi connectivity index (χ1) is 10.2. The topological polar surface area (TPSA) is 72.0 Å². The van der Waals surface area contributed by atoms with E-state index in [0.717, 1.165) is 17.3 Å². The highest BCUT2D eigenvalue weighted by Crippen LogP contribution is 2.28. The summed E-state index contributed by atoms with van der Waals surface area (Å²) >= 11 is 3.52. The number of amidine groups is 1. The standard InChI is InChI=1S/C15H16BrN4O/c16-13-7-18-9-19-14(13)11-4-1-10(2-5-11)3-6-12-8-21-15(17)20-12/h1-2,4-5,7,12,14H,3,6,8H2,(H2,17,20)(H,18,19)/t12-,14?/m0/s1. The van der Waals surface area contributed by atoms with Crippen molar-refractivity contribution in [3.05, 3.63) is 46.1 Å². The summed E-state index contributed by atoms with van der Waals surface area (Å²) in [5, 5.41) is 3.11. The third-order valence-electron chi connectivity index (χ3n) is 3.55. The summed E-state index contributed by atoms with van der Waals surface area (Å²) < 4.78 is 6.16. The van der Waals surface area contributed by atoms with Crippen LogP contribution in [-0.4, -0.2) is 25.0 Å². The van der Waals surface area contributed by atoms with Crippen molar-refractivity contribution in [3.63, 3.8) is 0 Å². The highest BCUT2D eigenvalue weighted by atomic mass is 79.9. The molecule has 5 nitrogen and oxygen atoms in total. The van der Waals surface area contributed by atoms with Crippen LogP contribution in [0.3, 0.4) is 0 Å². The maximum absolute atomic E-state index is 5.51. The molecule has 1 aromatic rings. The zero-order chi connectivity index (χ0) is 14.7. The van der Waals surface area contributed by atoms with Crippen LogP contribution in [0.1, 0.15) is 23.6 Å². The zero-order valence-corrected chi connectivity index (χ0v) is 13.0. The van der Waals surface area contributed by atoms with Crippen molar-refractivity contribution in [2.45, 2.75) is 24.9 Å². The van der Waals surface area contributed by atoms with E-state index in [0.29, 0.717) is 12.6 Å². The Morgan fingerprint density at radius 3 is 2.86 bits per heavy atom. The minimum atomic E-state index is 0.0872. The molecule has 0 saturated carbocycles. The lowest BCUT2D eigenvalue weighted by atomic mass is 10.0. The molecule has 1 radical (unpaired) electrons. The van der Waals surface area contributed by atoms with Crippen molar-refractivity contribution < 1.29 is 4.74 Å². The predicted octanol–water partition coefficient (Wildman–Crippen LogP) is 2.12. The molecule has 0 amide bonds. The quantitative estimate of drug-likeness (QED) is 0.876. The highest BCUT2D eigenvalue weighted by molar-refractivity contribution is 9.11. The van der Waals surface area contributed by atoms with E-state index in [4.69, 9.17) is 10.5 Å². The van der Waals surface area contributed by atoms with Crippen LogP contribution in [0, 0.1) is 0 Å². The molecule has 21 heavy (non-hydrogen) atoms. The first-order valence-electron chi connectivity index (χ1n) is 6.83. The fraction of sp³-hybridized carbons (Fsp3) is 0.333. The lowest BCUT2D eigenvalue weighted by molar-refractivity contribution is 0.308. The van der Waals surface area contributed by atoms with Crippen LogP contribution in [-0.2, 0) is 11.2 Å². The number of benzene rings is 1. The van der Waals surface area contributed by atoms with Crippen molar-refractivity contribution in [2.24, 2.45) is 15.7 Å². The van der Waals surface area contributed by atoms with E-state index < -0.39 is 0 Å². The molecule has 3 N–H and O–H groups in total. The third-order valence-corrected chi connectivity index (χ3v) is 4.21. The summed E-state index contributed by atoms with van der Waals surface area (Å²) in [4.78, 5) is 8.16. The molecule has 0 fully saturated rings. The molecular formula is C15H16BrN4O. The summed E-state index contributed by atoms with van der Waals surface area (Å²) in [6.45, 7) is 0.600. The fourth-order valence-electron chi connectivity index (χ4n) is 2.38. The van der Waals surface area contributed by atoms with Gasteiger partial charge in [-0.3, -0.25) is 0 Å². The minimum absolute atomic E-state index is 0.0872. The molecule has 1 aromatic carbocycles. The normalized spacial score (nSPS) is 24.0. The number of ether oxygens (including phenoxy) is 1. The van der Waals surface area contributed by atoms with Gasteiger partial charge in [-0.25, -0.2) is 9.98 Å². The number of nitrogens with one attached hydrogen (secondary N) is 1. The van der Waals surface area contributed by atoms with Gasteiger partial charge in [0.1, 0.15) is 6.61 Å². The van der Waals surface area contributed by atoms with Gasteiger partial charge in [-0.15, -0.1) is 0 Å². The number of rotatable bonds is 4. The molecule has 0 saturated heterocycles. The van der Waals surface area contributed by atoms with E-state index in [2.05, 4.69) is 61.8 Å². The van der Waals surface area contributed by atoms with Crippen molar-refractivity contribution in [3.8, 4) is 0 Å². The Labute approximate surface area is 132 Å². The Balaban J connectivity index is 1.59. The molecular weight excluding hydrogens is 332 g/mol. The molecule has 3 rings (SSSR count). The van der Waals surface area contributed by atoms with Crippen LogP contribution in [0.25, 0.3) is 0 Å². The number of nitrogens with two attached hydrogens (primary N) is 1. The van der Waals surface area contributed by atoms with E-state index in [-0.39, 0.29) is 12.1 Å². The first kappa shape index (κ1) is 14.1. The summed E-state index contributed by atoms with van der Waals surface area (Å²) in [5.74, 6) is 0. The number of hydrogen-bond donors (Lipinski definition) is 2. The Hall–Kier alpha value is -1.82. The van der Waals surface area contributed by atoms with Gasteiger partial charge in [-0.2, -0.15) is 0 Å². The average Bonchev–Trinajstić information content (AvgIpc) is 2.92. The van der Waals surface area contributed by atoms with Crippen molar-refractivity contribution in [1.82, 2.24) is 5.32 Å². The lowest BCUT2D eigenvalue weighted by Gasteiger charge is -2.19. The number of aliphatic imine (C=N–C) groups is 2. The van der Waals surface area contributed by atoms with Crippen LogP contribution in [0.5, 0.6) is 0 Å². The Bertz CT molecular complexity index is 594. The molecule has 6 heteroatoms. The lowest BCUT2D eigenvalue weighted by Crippen LogP contribution is -2.22. The van der Waals surface area contributed by atoms with Gasteiger partial charge < -0.3 is 15.8 Å². The molecule has 0 bridgehead atoms. The number of halogens is 1. The summed E-state index contributed by atoms with van der Waals surface area (Å²) in [5.41, 5.74) is 7.97. The van der Waals surface area contributed by atoms with E-state index >= 15 is 0 Å². The molecule has 109 valence electrons. The van der Waals surface area contributed by atoms with Crippen LogP contribution < -0.4 is 11.1 Å². The first-order valence-corrected chi connectivity index (χ1v) is 7.62. The largest absolute Gasteiger partial charge is 0.463 e. The predicted molar refractivity (Wildman–Crippen MR) is 86.4 cm³/mol. The van der Waals surface area contributed by atoms with Gasteiger partial charge in [0.25, 0.3) is 6.02 Å². The molecule has 2 heterocycles. The fourth-order valence-corrected chi connectivity index (χ4v) is 2.86. The monoisotopic (exact) mass is 347 g/mol. The van der Waals surface area contributed by atoms with Crippen LogP contribution in [0.4, 0.5) is 0 Å². The van der Waals surface area contributed by atoms with Crippen molar-refractivity contribution in [1.29, 1.82) is 0 Å². The second-order valence-electron chi connectivity index (χ2n) is 5.04. The smallest absolute Gasteiger partial charge is 0.282 e. The summed E-state index contributed by atoms with van der Waals surface area (Å²) in [6.07, 6.45) is 6.45. The van der Waals surface area contributed by atoms with E-state index in [1.807, 2.05) is 0 Å². The molecule has 0 aromatic heterocycles. The second kappa shape index (κ2) is 6.30. The van der Waals surface area contributed by atoms with Gasteiger partial charge in [0.2, 0.25) is 0 Å². The highest BCUT2D eigenvalue weighted by Gasteiger charge is 2.17. The second-order valence-corrected chi connectivity index (χ2v) is 5.96. The van der Waals surface area contributed by atoms with E-state index in [1.54, 1.807) is 6.20 Å². The number of aryl methyl sites for hydroxylation is 1. The SMILES string of the molecule is NC1=N[C@@H](CCc2ccc(C3N[C]=NC=C3Br)cc2)CO1. The van der Waals surface area contributed by atoms with Gasteiger partial charge in [0.05, 0.1) is 12.1 Å². The van der Waals surface area contributed by atoms with Crippen LogP contribution in [0.2, 0.25) is 0 Å². The van der Waals surface area contributed by atoms with E-state index in [1.165, 1.54) is 11.1 Å². The maximum Gasteiger partial charge on any atom is 0.282 e. The van der Waals surface area contributed by atoms with Gasteiger partial charge in [0, 0.05) is 10.7 Å². The Morgan fingerprint density at radius 1 is 1.38 bits per heavy atom. The molecule has 2 atom stereocenters. The zero-order valence-electron chi connectivity index (χ0n) is 11.4. The molecule has 0 aliphatic carbocycles. The number of hydrogen-bond acceptors (Lipinski definition) is 5. The van der Waals surface area contributed by atoms with E-state index in [9.17, 15) is 0 Å². The summed E-state index contributed by atoms with van der Waals surface area (Å²) in [7, 11) is 0. The van der Waals surface area contributed by atoms with Gasteiger partial charge >= 0.3 is 0 Å². The third kappa shape index (κ3) is 3.44. The molecule has 2 aliphatic heterocycles. The van der Waals surface area contributed by atoms with Gasteiger partial charge in [0.15, 0.2) is 6.34 Å². The maximum atomic E-state index is 5.51. The van der Waals surface area contributed by atoms with Crippen molar-refractivity contribution in [2.75, 3.05) is 6.61 Å². The average molecular weight is 348 g/mol. The molecule has 1 unspecified atom stereocenters. The molecule has 0 spiro atoms.